The van der Waals surface area contributed by atoms with Crippen LogP contribution in [0.15, 0.2) is 18.2 Å². The maximum atomic E-state index is 12.5. The minimum absolute atomic E-state index is 0.167. The second kappa shape index (κ2) is 6.78. The maximum absolute atomic E-state index is 12.5. The molecule has 0 aromatic heterocycles. The molecule has 7 nitrogen and oxygen atoms in total. The molecule has 7 heteroatoms. The Morgan fingerprint density at radius 1 is 1.17 bits per heavy atom. The molecule has 1 amide bonds. The van der Waals surface area contributed by atoms with Crippen LogP contribution in [0.1, 0.15) is 34.1 Å². The summed E-state index contributed by atoms with van der Waals surface area (Å²) >= 11 is 0. The van der Waals surface area contributed by atoms with Crippen molar-refractivity contribution < 1.29 is 28.6 Å². The van der Waals surface area contributed by atoms with Gasteiger partial charge in [0.05, 0.1) is 49.7 Å². The minimum Gasteiger partial charge on any atom is -0.465 e. The number of hydrogen-bond donors (Lipinski definition) is 1. The standard InChI is InChI=1S/C16H19NO6/c1-4-16(8-23-9-16)15(20)17-12-7-10(13(18)21-2)5-6-11(12)14(19)22-3/h5-7H,4,8-9H2,1-3H3,(H,17,20). The van der Waals surface area contributed by atoms with E-state index in [0.29, 0.717) is 19.6 Å². The van der Waals surface area contributed by atoms with Gasteiger partial charge >= 0.3 is 11.9 Å². The quantitative estimate of drug-likeness (QED) is 0.829. The van der Waals surface area contributed by atoms with Gasteiger partial charge < -0.3 is 19.5 Å². The molecule has 1 fully saturated rings. The number of ether oxygens (including phenoxy) is 3. The van der Waals surface area contributed by atoms with E-state index in [1.807, 2.05) is 6.92 Å². The van der Waals surface area contributed by atoms with Crippen molar-refractivity contribution in [1.29, 1.82) is 0 Å². The molecule has 0 bridgehead atoms. The average Bonchev–Trinajstić information content (AvgIpc) is 2.52. The molecule has 1 aromatic carbocycles. The van der Waals surface area contributed by atoms with Crippen molar-refractivity contribution in [3.63, 3.8) is 0 Å². The van der Waals surface area contributed by atoms with Gasteiger partial charge in [0.2, 0.25) is 5.91 Å². The highest BCUT2D eigenvalue weighted by atomic mass is 16.5. The van der Waals surface area contributed by atoms with Gasteiger partial charge in [-0.05, 0) is 24.6 Å². The zero-order valence-corrected chi connectivity index (χ0v) is 13.3. The first-order chi connectivity index (χ1) is 11.0. The van der Waals surface area contributed by atoms with E-state index in [-0.39, 0.29) is 22.7 Å². The number of hydrogen-bond acceptors (Lipinski definition) is 6. The van der Waals surface area contributed by atoms with Crippen molar-refractivity contribution in [3.8, 4) is 0 Å². The number of rotatable bonds is 5. The number of anilines is 1. The number of nitrogens with one attached hydrogen (secondary N) is 1. The molecule has 23 heavy (non-hydrogen) atoms. The summed E-state index contributed by atoms with van der Waals surface area (Å²) in [5.74, 6) is -1.42. The van der Waals surface area contributed by atoms with E-state index in [4.69, 9.17) is 9.47 Å². The second-order valence-electron chi connectivity index (χ2n) is 5.32. The first-order valence-corrected chi connectivity index (χ1v) is 7.17. The third-order valence-electron chi connectivity index (χ3n) is 4.01. The molecule has 0 aliphatic carbocycles. The molecule has 0 spiro atoms. The van der Waals surface area contributed by atoms with Crippen LogP contribution in [0.3, 0.4) is 0 Å². The van der Waals surface area contributed by atoms with Crippen LogP contribution in [-0.2, 0) is 19.0 Å². The van der Waals surface area contributed by atoms with Gasteiger partial charge in [-0.1, -0.05) is 6.92 Å². The zero-order valence-electron chi connectivity index (χ0n) is 13.3. The third-order valence-corrected chi connectivity index (χ3v) is 4.01. The van der Waals surface area contributed by atoms with Crippen molar-refractivity contribution in [3.05, 3.63) is 29.3 Å². The highest BCUT2D eigenvalue weighted by Gasteiger charge is 2.44. The number of amides is 1. The topological polar surface area (TPSA) is 90.9 Å². The lowest BCUT2D eigenvalue weighted by molar-refractivity contribution is -0.156. The average molecular weight is 321 g/mol. The van der Waals surface area contributed by atoms with E-state index < -0.39 is 17.4 Å². The number of benzene rings is 1. The summed E-state index contributed by atoms with van der Waals surface area (Å²) in [5, 5.41) is 2.71. The van der Waals surface area contributed by atoms with Gasteiger partial charge in [-0.3, -0.25) is 4.79 Å². The van der Waals surface area contributed by atoms with Crippen molar-refractivity contribution in [2.75, 3.05) is 32.8 Å². The Balaban J connectivity index is 2.35. The van der Waals surface area contributed by atoms with E-state index in [1.165, 1.54) is 32.4 Å². The molecule has 1 N–H and O–H groups in total. The molecule has 2 rings (SSSR count). The van der Waals surface area contributed by atoms with E-state index in [2.05, 4.69) is 10.1 Å². The van der Waals surface area contributed by atoms with Gasteiger partial charge in [-0.15, -0.1) is 0 Å². The Bertz CT molecular complexity index is 630. The van der Waals surface area contributed by atoms with Crippen LogP contribution < -0.4 is 5.32 Å². The minimum atomic E-state index is -0.605. The van der Waals surface area contributed by atoms with Crippen LogP contribution in [0.25, 0.3) is 0 Å². The normalized spacial score (nSPS) is 15.3. The van der Waals surface area contributed by atoms with Crippen LogP contribution >= 0.6 is 0 Å². The molecule has 1 saturated heterocycles. The monoisotopic (exact) mass is 321 g/mol. The highest BCUT2D eigenvalue weighted by Crippen LogP contribution is 2.33. The Labute approximate surface area is 133 Å². The molecule has 0 unspecified atom stereocenters. The van der Waals surface area contributed by atoms with Crippen LogP contribution in [0.4, 0.5) is 5.69 Å². The molecule has 1 aromatic rings. The lowest BCUT2D eigenvalue weighted by Crippen LogP contribution is -2.51. The van der Waals surface area contributed by atoms with Gasteiger partial charge in [0.1, 0.15) is 0 Å². The summed E-state index contributed by atoms with van der Waals surface area (Å²) in [6.07, 6.45) is 0.614. The Morgan fingerprint density at radius 2 is 1.83 bits per heavy atom. The van der Waals surface area contributed by atoms with Gasteiger partial charge in [0, 0.05) is 0 Å². The number of methoxy groups -OCH3 is 2. The predicted molar refractivity (Wildman–Crippen MR) is 81.3 cm³/mol. The van der Waals surface area contributed by atoms with Crippen molar-refractivity contribution in [2.45, 2.75) is 13.3 Å². The molecule has 1 heterocycles. The van der Waals surface area contributed by atoms with Crippen LogP contribution in [0, 0.1) is 5.41 Å². The van der Waals surface area contributed by atoms with E-state index >= 15 is 0 Å². The molecule has 0 radical (unpaired) electrons. The van der Waals surface area contributed by atoms with E-state index in [9.17, 15) is 14.4 Å². The largest absolute Gasteiger partial charge is 0.465 e. The molecular formula is C16H19NO6. The smallest absolute Gasteiger partial charge is 0.339 e. The van der Waals surface area contributed by atoms with Crippen molar-refractivity contribution in [1.82, 2.24) is 0 Å². The van der Waals surface area contributed by atoms with Gasteiger partial charge in [0.15, 0.2) is 0 Å². The highest BCUT2D eigenvalue weighted by molar-refractivity contribution is 6.05. The van der Waals surface area contributed by atoms with E-state index in [1.54, 1.807) is 0 Å². The van der Waals surface area contributed by atoms with E-state index in [0.717, 1.165) is 0 Å². The summed E-state index contributed by atoms with van der Waals surface area (Å²) in [5.41, 5.74) is 0.00427. The van der Waals surface area contributed by atoms with Crippen LogP contribution in [0.5, 0.6) is 0 Å². The lowest BCUT2D eigenvalue weighted by atomic mass is 9.82. The zero-order chi connectivity index (χ0) is 17.0. The second-order valence-corrected chi connectivity index (χ2v) is 5.32. The number of esters is 2. The SMILES string of the molecule is CCC1(C(=O)Nc2cc(C(=O)OC)ccc2C(=O)OC)COC1. The first-order valence-electron chi connectivity index (χ1n) is 7.17. The summed E-state index contributed by atoms with van der Waals surface area (Å²) in [7, 11) is 2.50. The lowest BCUT2D eigenvalue weighted by Gasteiger charge is -2.39. The maximum Gasteiger partial charge on any atom is 0.339 e. The molecule has 1 aliphatic rings. The molecule has 1 aliphatic heterocycles. The van der Waals surface area contributed by atoms with Gasteiger partial charge in [0.25, 0.3) is 0 Å². The summed E-state index contributed by atoms with van der Waals surface area (Å²) in [4.78, 5) is 36.0. The fourth-order valence-electron chi connectivity index (χ4n) is 2.28. The van der Waals surface area contributed by atoms with Gasteiger partial charge in [-0.2, -0.15) is 0 Å². The molecular weight excluding hydrogens is 302 g/mol. The Hall–Kier alpha value is -2.41. The fourth-order valence-corrected chi connectivity index (χ4v) is 2.28. The first kappa shape index (κ1) is 17.0. The number of carbonyl (C=O) groups is 3. The molecule has 124 valence electrons. The van der Waals surface area contributed by atoms with Crippen LogP contribution in [0.2, 0.25) is 0 Å². The Kier molecular flexibility index (Phi) is 5.00. The van der Waals surface area contributed by atoms with Crippen LogP contribution in [-0.4, -0.2) is 45.3 Å². The number of carbonyl (C=O) groups excluding carboxylic acids is 3. The predicted octanol–water partition coefficient (Wildman–Crippen LogP) is 1.62. The van der Waals surface area contributed by atoms with Crippen molar-refractivity contribution in [2.24, 2.45) is 5.41 Å². The Morgan fingerprint density at radius 3 is 2.30 bits per heavy atom. The van der Waals surface area contributed by atoms with Gasteiger partial charge in [-0.25, -0.2) is 9.59 Å². The van der Waals surface area contributed by atoms with Crippen molar-refractivity contribution >= 4 is 23.5 Å². The molecule has 0 atom stereocenters. The molecule has 0 saturated carbocycles. The summed E-state index contributed by atoms with van der Waals surface area (Å²) in [6.45, 7) is 2.56. The fraction of sp³-hybridized carbons (Fsp3) is 0.438. The third kappa shape index (κ3) is 3.19. The summed E-state index contributed by atoms with van der Waals surface area (Å²) in [6, 6.07) is 4.26. The summed E-state index contributed by atoms with van der Waals surface area (Å²) < 4.78 is 14.5.